The van der Waals surface area contributed by atoms with Crippen molar-refractivity contribution in [2.75, 3.05) is 14.2 Å². The first-order valence-electron chi connectivity index (χ1n) is 9.48. The molecule has 30 heavy (non-hydrogen) atoms. The molecule has 0 heterocycles. The van der Waals surface area contributed by atoms with E-state index in [-0.39, 0.29) is 6.42 Å². The van der Waals surface area contributed by atoms with Crippen molar-refractivity contribution in [1.82, 2.24) is 5.32 Å². The fourth-order valence-electron chi connectivity index (χ4n) is 2.80. The third kappa shape index (κ3) is 6.62. The van der Waals surface area contributed by atoms with E-state index in [1.807, 2.05) is 30.3 Å². The molecule has 7 heteroatoms. The van der Waals surface area contributed by atoms with Crippen LogP contribution in [-0.4, -0.2) is 43.9 Å². The summed E-state index contributed by atoms with van der Waals surface area (Å²) in [5, 5.41) is 2.56. The number of nitrogens with one attached hydrogen (secondary N) is 1. The molecule has 160 valence electrons. The standard InChI is InChI=1S/C23H27NO6/c1-23(2,3)30-22(27)24-19(21(26)29-5)13-15-9-11-16(12-10-15)17-7-6-8-18(14-17)20(25)28-4/h6-12,14,19H,13H2,1-5H3,(H,24,27)/t19-/m0/s1. The van der Waals surface area contributed by atoms with E-state index in [0.717, 1.165) is 16.7 Å². The number of hydrogen-bond acceptors (Lipinski definition) is 6. The second-order valence-electron chi connectivity index (χ2n) is 7.70. The Labute approximate surface area is 176 Å². The van der Waals surface area contributed by atoms with Crippen molar-refractivity contribution in [3.05, 3.63) is 59.7 Å². The second kappa shape index (κ2) is 9.91. The smallest absolute Gasteiger partial charge is 0.408 e. The first-order valence-corrected chi connectivity index (χ1v) is 9.48. The molecule has 0 aliphatic rings. The van der Waals surface area contributed by atoms with Gasteiger partial charge in [-0.25, -0.2) is 14.4 Å². The number of amides is 1. The molecule has 0 aromatic heterocycles. The molecule has 0 aliphatic heterocycles. The molecule has 2 rings (SSSR count). The molecule has 1 N–H and O–H groups in total. The zero-order valence-electron chi connectivity index (χ0n) is 17.9. The van der Waals surface area contributed by atoms with Crippen molar-refractivity contribution >= 4 is 18.0 Å². The molecular formula is C23H27NO6. The predicted molar refractivity (Wildman–Crippen MR) is 112 cm³/mol. The van der Waals surface area contributed by atoms with Gasteiger partial charge in [0.25, 0.3) is 0 Å². The van der Waals surface area contributed by atoms with Crippen LogP contribution in [0.1, 0.15) is 36.7 Å². The summed E-state index contributed by atoms with van der Waals surface area (Å²) in [6, 6.07) is 13.7. The summed E-state index contributed by atoms with van der Waals surface area (Å²) in [6.45, 7) is 5.23. The molecule has 0 unspecified atom stereocenters. The van der Waals surface area contributed by atoms with Gasteiger partial charge in [0.15, 0.2) is 0 Å². The molecule has 0 aliphatic carbocycles. The third-order valence-electron chi connectivity index (χ3n) is 4.19. The van der Waals surface area contributed by atoms with E-state index in [4.69, 9.17) is 14.2 Å². The van der Waals surface area contributed by atoms with Crippen molar-refractivity contribution in [2.45, 2.75) is 38.8 Å². The third-order valence-corrected chi connectivity index (χ3v) is 4.19. The monoisotopic (exact) mass is 413 g/mol. The lowest BCUT2D eigenvalue weighted by Crippen LogP contribution is -2.45. The molecule has 1 amide bonds. The van der Waals surface area contributed by atoms with Crippen LogP contribution in [0, 0.1) is 0 Å². The number of carbonyl (C=O) groups is 3. The van der Waals surface area contributed by atoms with Gasteiger partial charge in [0.1, 0.15) is 11.6 Å². The van der Waals surface area contributed by atoms with Crippen LogP contribution < -0.4 is 5.32 Å². The fourth-order valence-corrected chi connectivity index (χ4v) is 2.80. The molecule has 0 bridgehead atoms. The highest BCUT2D eigenvalue weighted by atomic mass is 16.6. The molecule has 0 saturated carbocycles. The van der Waals surface area contributed by atoms with Gasteiger partial charge >= 0.3 is 18.0 Å². The SMILES string of the molecule is COC(=O)c1cccc(-c2ccc(C[C@H](NC(=O)OC(C)(C)C)C(=O)OC)cc2)c1. The average molecular weight is 413 g/mol. The zero-order chi connectivity index (χ0) is 22.3. The Hall–Kier alpha value is -3.35. The van der Waals surface area contributed by atoms with Gasteiger partial charge in [0.05, 0.1) is 19.8 Å². The Morgan fingerprint density at radius 3 is 2.17 bits per heavy atom. The van der Waals surface area contributed by atoms with Crippen molar-refractivity contribution in [3.8, 4) is 11.1 Å². The van der Waals surface area contributed by atoms with Crippen LogP contribution in [0.5, 0.6) is 0 Å². The molecule has 0 spiro atoms. The largest absolute Gasteiger partial charge is 0.467 e. The number of hydrogen-bond donors (Lipinski definition) is 1. The van der Waals surface area contributed by atoms with E-state index in [2.05, 4.69) is 5.32 Å². The molecule has 0 fully saturated rings. The molecule has 2 aromatic rings. The van der Waals surface area contributed by atoms with Gasteiger partial charge in [-0.05, 0) is 49.6 Å². The second-order valence-corrected chi connectivity index (χ2v) is 7.70. The van der Waals surface area contributed by atoms with E-state index in [1.54, 1.807) is 39.0 Å². The van der Waals surface area contributed by atoms with Crippen molar-refractivity contribution in [3.63, 3.8) is 0 Å². The first-order chi connectivity index (χ1) is 14.1. The van der Waals surface area contributed by atoms with E-state index in [1.165, 1.54) is 14.2 Å². The van der Waals surface area contributed by atoms with Crippen LogP contribution in [0.2, 0.25) is 0 Å². The minimum absolute atomic E-state index is 0.244. The lowest BCUT2D eigenvalue weighted by Gasteiger charge is -2.22. The number of rotatable bonds is 6. The quantitative estimate of drug-likeness (QED) is 0.573. The van der Waals surface area contributed by atoms with E-state index in [0.29, 0.717) is 5.56 Å². The van der Waals surface area contributed by atoms with Gasteiger partial charge in [-0.1, -0.05) is 36.4 Å². The normalized spacial score (nSPS) is 11.9. The van der Waals surface area contributed by atoms with Crippen molar-refractivity contribution < 1.29 is 28.6 Å². The van der Waals surface area contributed by atoms with Crippen LogP contribution in [-0.2, 0) is 25.4 Å². The van der Waals surface area contributed by atoms with Crippen LogP contribution in [0.25, 0.3) is 11.1 Å². The number of methoxy groups -OCH3 is 2. The lowest BCUT2D eigenvalue weighted by atomic mass is 9.99. The van der Waals surface area contributed by atoms with Crippen LogP contribution in [0.15, 0.2) is 48.5 Å². The lowest BCUT2D eigenvalue weighted by molar-refractivity contribution is -0.143. The van der Waals surface area contributed by atoms with Gasteiger partial charge in [0.2, 0.25) is 0 Å². The fraction of sp³-hybridized carbons (Fsp3) is 0.348. The predicted octanol–water partition coefficient (Wildman–Crippen LogP) is 3.75. The summed E-state index contributed by atoms with van der Waals surface area (Å²) in [4.78, 5) is 35.9. The van der Waals surface area contributed by atoms with Gasteiger partial charge < -0.3 is 19.5 Å². The highest BCUT2D eigenvalue weighted by molar-refractivity contribution is 5.91. The molecule has 2 aromatic carbocycles. The minimum Gasteiger partial charge on any atom is -0.467 e. The Bertz CT molecular complexity index is 899. The Morgan fingerprint density at radius 2 is 1.60 bits per heavy atom. The van der Waals surface area contributed by atoms with Crippen molar-refractivity contribution in [1.29, 1.82) is 0 Å². The zero-order valence-corrected chi connectivity index (χ0v) is 17.9. The maximum absolute atomic E-state index is 12.1. The number of ether oxygens (including phenoxy) is 3. The number of alkyl carbamates (subject to hydrolysis) is 1. The maximum atomic E-state index is 12.1. The summed E-state index contributed by atoms with van der Waals surface area (Å²) >= 11 is 0. The van der Waals surface area contributed by atoms with E-state index in [9.17, 15) is 14.4 Å². The Morgan fingerprint density at radius 1 is 0.933 bits per heavy atom. The van der Waals surface area contributed by atoms with Gasteiger partial charge in [0, 0.05) is 6.42 Å². The van der Waals surface area contributed by atoms with Crippen molar-refractivity contribution in [2.24, 2.45) is 0 Å². The molecular weight excluding hydrogens is 386 g/mol. The maximum Gasteiger partial charge on any atom is 0.408 e. The topological polar surface area (TPSA) is 90.9 Å². The van der Waals surface area contributed by atoms with E-state index >= 15 is 0 Å². The van der Waals surface area contributed by atoms with Crippen LogP contribution in [0.3, 0.4) is 0 Å². The Kier molecular flexibility index (Phi) is 7.58. The Balaban J connectivity index is 2.14. The van der Waals surface area contributed by atoms with Gasteiger partial charge in [-0.15, -0.1) is 0 Å². The summed E-state index contributed by atoms with van der Waals surface area (Å²) in [6.07, 6.45) is -0.442. The number of benzene rings is 2. The van der Waals surface area contributed by atoms with Gasteiger partial charge in [-0.2, -0.15) is 0 Å². The summed E-state index contributed by atoms with van der Waals surface area (Å²) < 4.78 is 14.8. The molecule has 0 saturated heterocycles. The van der Waals surface area contributed by atoms with Crippen LogP contribution >= 0.6 is 0 Å². The summed E-state index contributed by atoms with van der Waals surface area (Å²) in [5.41, 5.74) is 2.38. The van der Waals surface area contributed by atoms with Crippen LogP contribution in [0.4, 0.5) is 4.79 Å². The highest BCUT2D eigenvalue weighted by Crippen LogP contribution is 2.22. The molecule has 1 atom stereocenters. The van der Waals surface area contributed by atoms with Gasteiger partial charge in [-0.3, -0.25) is 0 Å². The summed E-state index contributed by atoms with van der Waals surface area (Å²) in [7, 11) is 2.61. The number of carbonyl (C=O) groups excluding carboxylic acids is 3. The van der Waals surface area contributed by atoms with E-state index < -0.39 is 29.7 Å². The average Bonchev–Trinajstić information content (AvgIpc) is 2.71. The molecule has 0 radical (unpaired) electrons. The first kappa shape index (κ1) is 22.9. The molecule has 7 nitrogen and oxygen atoms in total. The minimum atomic E-state index is -0.877. The number of esters is 2. The highest BCUT2D eigenvalue weighted by Gasteiger charge is 2.25. The summed E-state index contributed by atoms with van der Waals surface area (Å²) in [5.74, 6) is -0.960.